The Morgan fingerprint density at radius 3 is 2.50 bits per heavy atom. The third-order valence-electron chi connectivity index (χ3n) is 8.39. The van der Waals surface area contributed by atoms with Crippen LogP contribution in [-0.2, 0) is 19.1 Å². The van der Waals surface area contributed by atoms with Crippen molar-refractivity contribution in [1.82, 2.24) is 0 Å². The van der Waals surface area contributed by atoms with Gasteiger partial charge in [0.2, 0.25) is 0 Å². The zero-order valence-electron chi connectivity index (χ0n) is 15.7. The molecular weight excluding hydrogens is 328 g/mol. The minimum absolute atomic E-state index is 0.00779. The number of allylic oxidation sites excluding steroid dienone is 2. The minimum atomic E-state index is -0.369. The molecule has 0 heterocycles. The Morgan fingerprint density at radius 2 is 1.77 bits per heavy atom. The quantitative estimate of drug-likeness (QED) is 0.425. The molecule has 7 unspecified atom stereocenters. The highest BCUT2D eigenvalue weighted by molar-refractivity contribution is 5.78. The van der Waals surface area contributed by atoms with Crippen molar-refractivity contribution in [3.63, 3.8) is 0 Å². The average molecular weight is 358 g/mol. The Kier molecular flexibility index (Phi) is 3.95. The number of hydrogen-bond acceptors (Lipinski definition) is 4. The second-order valence-corrected chi connectivity index (χ2v) is 9.43. The molecule has 4 fully saturated rings. The summed E-state index contributed by atoms with van der Waals surface area (Å²) >= 11 is 0. The van der Waals surface area contributed by atoms with E-state index in [9.17, 15) is 9.59 Å². The van der Waals surface area contributed by atoms with E-state index >= 15 is 0 Å². The fourth-order valence-electron chi connectivity index (χ4n) is 7.34. The molecule has 0 aromatic rings. The molecular formula is C22H30O4. The maximum absolute atomic E-state index is 12.7. The van der Waals surface area contributed by atoms with E-state index in [1.807, 2.05) is 0 Å². The van der Waals surface area contributed by atoms with Gasteiger partial charge in [0.05, 0.1) is 5.92 Å². The van der Waals surface area contributed by atoms with Crippen LogP contribution in [0.5, 0.6) is 0 Å². The summed E-state index contributed by atoms with van der Waals surface area (Å²) in [5, 5.41) is 0. The molecule has 0 saturated heterocycles. The number of fused-ring (bicyclic) bond motifs is 9. The maximum atomic E-state index is 12.7. The Balaban J connectivity index is 1.16. The second-order valence-electron chi connectivity index (χ2n) is 9.43. The van der Waals surface area contributed by atoms with Crippen molar-refractivity contribution in [2.75, 3.05) is 6.61 Å². The summed E-state index contributed by atoms with van der Waals surface area (Å²) in [5.41, 5.74) is -0.307. The molecule has 0 aromatic carbocycles. The third-order valence-corrected chi connectivity index (χ3v) is 8.39. The van der Waals surface area contributed by atoms with Crippen LogP contribution in [0.3, 0.4) is 0 Å². The van der Waals surface area contributed by atoms with Gasteiger partial charge in [0.15, 0.2) is 6.61 Å². The highest BCUT2D eigenvalue weighted by atomic mass is 16.6. The topological polar surface area (TPSA) is 52.6 Å². The van der Waals surface area contributed by atoms with Gasteiger partial charge in [0.25, 0.3) is 0 Å². The molecule has 0 N–H and O–H groups in total. The number of ether oxygens (including phenoxy) is 2. The van der Waals surface area contributed by atoms with E-state index in [-0.39, 0.29) is 30.1 Å². The van der Waals surface area contributed by atoms with Crippen LogP contribution in [0.1, 0.15) is 58.3 Å². The molecule has 0 radical (unpaired) electrons. The van der Waals surface area contributed by atoms with Gasteiger partial charge >= 0.3 is 11.9 Å². The van der Waals surface area contributed by atoms with E-state index in [2.05, 4.69) is 19.1 Å². The van der Waals surface area contributed by atoms with Crippen molar-refractivity contribution in [2.45, 2.75) is 63.9 Å². The lowest BCUT2D eigenvalue weighted by Crippen LogP contribution is -2.37. The van der Waals surface area contributed by atoms with Crippen LogP contribution in [0.15, 0.2) is 12.2 Å². The molecule has 4 bridgehead atoms. The molecule has 5 rings (SSSR count). The number of rotatable bonds is 5. The summed E-state index contributed by atoms with van der Waals surface area (Å²) in [7, 11) is 0. The number of carbonyl (C=O) groups is 2. The van der Waals surface area contributed by atoms with Gasteiger partial charge in [0.1, 0.15) is 5.60 Å². The molecule has 4 heteroatoms. The van der Waals surface area contributed by atoms with Gasteiger partial charge in [-0.15, -0.1) is 0 Å². The standard InChI is InChI=1S/C22H30O4/c1-2-22(7-3-4-8-22)26-18(23)12-25-21(24)17-11-15-10-16(17)20-14-6-5-13(9-14)19(15)20/h5-6,13-17,19-20H,2-4,7-12H2,1H3. The third kappa shape index (κ3) is 2.47. The summed E-state index contributed by atoms with van der Waals surface area (Å²) < 4.78 is 11.1. The normalized spacial score (nSPS) is 43.7. The molecule has 4 saturated carbocycles. The summed E-state index contributed by atoms with van der Waals surface area (Å²) in [5.74, 6) is 3.61. The Bertz CT molecular complexity index is 632. The molecule has 5 aliphatic rings. The van der Waals surface area contributed by atoms with E-state index in [4.69, 9.17) is 9.47 Å². The molecule has 0 aromatic heterocycles. The minimum Gasteiger partial charge on any atom is -0.457 e. The summed E-state index contributed by atoms with van der Waals surface area (Å²) in [6, 6.07) is 0. The van der Waals surface area contributed by atoms with Crippen LogP contribution >= 0.6 is 0 Å². The average Bonchev–Trinajstić information content (AvgIpc) is 3.44. The molecule has 5 aliphatic carbocycles. The second kappa shape index (κ2) is 6.10. The van der Waals surface area contributed by atoms with E-state index in [1.54, 1.807) is 0 Å². The summed E-state index contributed by atoms with van der Waals surface area (Å²) in [4.78, 5) is 24.9. The zero-order chi connectivity index (χ0) is 17.9. The Labute approximate surface area is 155 Å². The van der Waals surface area contributed by atoms with Crippen molar-refractivity contribution >= 4 is 11.9 Å². The van der Waals surface area contributed by atoms with Gasteiger partial charge in [-0.3, -0.25) is 4.79 Å². The highest BCUT2D eigenvalue weighted by Crippen LogP contribution is 2.67. The smallest absolute Gasteiger partial charge is 0.344 e. The van der Waals surface area contributed by atoms with E-state index in [1.165, 1.54) is 12.8 Å². The van der Waals surface area contributed by atoms with Gasteiger partial charge in [-0.1, -0.05) is 19.1 Å². The van der Waals surface area contributed by atoms with E-state index in [0.29, 0.717) is 23.7 Å². The predicted octanol–water partition coefficient (Wildman–Crippen LogP) is 3.89. The Hall–Kier alpha value is -1.32. The van der Waals surface area contributed by atoms with Crippen molar-refractivity contribution in [3.8, 4) is 0 Å². The van der Waals surface area contributed by atoms with Crippen LogP contribution in [0.2, 0.25) is 0 Å². The lowest BCUT2D eigenvalue weighted by atomic mass is 9.69. The monoisotopic (exact) mass is 358 g/mol. The maximum Gasteiger partial charge on any atom is 0.344 e. The van der Waals surface area contributed by atoms with E-state index < -0.39 is 0 Å². The SMILES string of the molecule is CCC1(OC(=O)COC(=O)C2CC3CC2C2C4C=CC(C4)C32)CCCC1. The van der Waals surface area contributed by atoms with Gasteiger partial charge in [0, 0.05) is 0 Å². The van der Waals surface area contributed by atoms with Crippen molar-refractivity contribution in [2.24, 2.45) is 41.4 Å². The van der Waals surface area contributed by atoms with Gasteiger partial charge < -0.3 is 9.47 Å². The summed E-state index contributed by atoms with van der Waals surface area (Å²) in [6.45, 7) is 1.86. The van der Waals surface area contributed by atoms with Crippen molar-refractivity contribution in [1.29, 1.82) is 0 Å². The summed E-state index contributed by atoms with van der Waals surface area (Å²) in [6.07, 6.45) is 13.2. The lowest BCUT2D eigenvalue weighted by molar-refractivity contribution is -0.172. The first kappa shape index (κ1) is 16.8. The first-order valence-electron chi connectivity index (χ1n) is 10.7. The van der Waals surface area contributed by atoms with Crippen molar-refractivity contribution in [3.05, 3.63) is 12.2 Å². The number of hydrogen-bond donors (Lipinski definition) is 0. The zero-order valence-corrected chi connectivity index (χ0v) is 15.7. The number of esters is 2. The van der Waals surface area contributed by atoms with Crippen molar-refractivity contribution < 1.29 is 19.1 Å². The van der Waals surface area contributed by atoms with Crippen LogP contribution < -0.4 is 0 Å². The molecule has 4 nitrogen and oxygen atoms in total. The predicted molar refractivity (Wildman–Crippen MR) is 96.0 cm³/mol. The Morgan fingerprint density at radius 1 is 1.04 bits per heavy atom. The molecule has 0 aliphatic heterocycles. The van der Waals surface area contributed by atoms with Crippen LogP contribution in [0.25, 0.3) is 0 Å². The largest absolute Gasteiger partial charge is 0.457 e. The van der Waals surface area contributed by atoms with Gasteiger partial charge in [-0.2, -0.15) is 0 Å². The highest BCUT2D eigenvalue weighted by Gasteiger charge is 2.62. The van der Waals surface area contributed by atoms with Crippen LogP contribution in [0.4, 0.5) is 0 Å². The molecule has 26 heavy (non-hydrogen) atoms. The first-order valence-corrected chi connectivity index (χ1v) is 10.7. The first-order chi connectivity index (χ1) is 12.6. The lowest BCUT2D eigenvalue weighted by Gasteiger charge is -2.35. The fourth-order valence-corrected chi connectivity index (χ4v) is 7.34. The number of carbonyl (C=O) groups excluding carboxylic acids is 2. The molecule has 0 spiro atoms. The molecule has 7 atom stereocenters. The van der Waals surface area contributed by atoms with Gasteiger partial charge in [-0.05, 0) is 86.9 Å². The van der Waals surface area contributed by atoms with Crippen LogP contribution in [-0.4, -0.2) is 24.1 Å². The van der Waals surface area contributed by atoms with Gasteiger partial charge in [-0.25, -0.2) is 4.79 Å². The van der Waals surface area contributed by atoms with Crippen LogP contribution in [0, 0.1) is 41.4 Å². The van der Waals surface area contributed by atoms with E-state index in [0.717, 1.165) is 50.4 Å². The molecule has 0 amide bonds. The molecule has 142 valence electrons. The fraction of sp³-hybridized carbons (Fsp3) is 0.818.